The largest absolute Gasteiger partial charge is 0.468 e. The van der Waals surface area contributed by atoms with Gasteiger partial charge in [0, 0.05) is 37.9 Å². The van der Waals surface area contributed by atoms with E-state index in [1.165, 1.54) is 5.56 Å². The van der Waals surface area contributed by atoms with E-state index in [1.54, 1.807) is 0 Å². The Hall–Kier alpha value is -2.93. The van der Waals surface area contributed by atoms with Crippen LogP contribution in [0.2, 0.25) is 25.7 Å². The minimum atomic E-state index is -1.14. The summed E-state index contributed by atoms with van der Waals surface area (Å²) in [6, 6.07) is 25.4. The summed E-state index contributed by atoms with van der Waals surface area (Å²) in [6.45, 7) is 17.6. The fourth-order valence-corrected chi connectivity index (χ4v) is 5.80. The van der Waals surface area contributed by atoms with Gasteiger partial charge in [-0.15, -0.1) is 0 Å². The Morgan fingerprint density at radius 2 is 1.57 bits per heavy atom. The van der Waals surface area contributed by atoms with Crippen molar-refractivity contribution in [2.75, 3.05) is 19.9 Å². The van der Waals surface area contributed by atoms with Crippen molar-refractivity contribution in [1.82, 2.24) is 4.90 Å². The number of nitrogens with zero attached hydrogens (tertiary/aromatic N) is 1. The summed E-state index contributed by atoms with van der Waals surface area (Å²) in [6.07, 6.45) is 0.821. The highest BCUT2D eigenvalue weighted by atomic mass is 28.3. The predicted molar refractivity (Wildman–Crippen MR) is 165 cm³/mol. The molecule has 1 heterocycles. The Bertz CT molecular complexity index is 1280. The fourth-order valence-electron chi connectivity index (χ4n) is 5.04. The molecule has 214 valence electrons. The van der Waals surface area contributed by atoms with E-state index in [0.717, 1.165) is 34.9 Å². The van der Waals surface area contributed by atoms with Gasteiger partial charge in [-0.2, -0.15) is 0 Å². The maximum atomic E-state index is 13.7. The van der Waals surface area contributed by atoms with E-state index >= 15 is 0 Å². The molecule has 3 aromatic rings. The first-order chi connectivity index (χ1) is 19.0. The molecule has 40 heavy (non-hydrogen) atoms. The van der Waals surface area contributed by atoms with E-state index in [0.29, 0.717) is 25.3 Å². The zero-order chi connectivity index (χ0) is 29.0. The van der Waals surface area contributed by atoms with Crippen molar-refractivity contribution < 1.29 is 19.0 Å². The molecule has 0 spiro atoms. The van der Waals surface area contributed by atoms with Gasteiger partial charge in [-0.3, -0.25) is 4.79 Å². The van der Waals surface area contributed by atoms with Crippen LogP contribution in [0, 0.1) is 0 Å². The molecular weight excluding hydrogens is 514 g/mol. The van der Waals surface area contributed by atoms with Crippen LogP contribution in [0.15, 0.2) is 72.8 Å². The van der Waals surface area contributed by atoms with E-state index in [1.807, 2.05) is 53.4 Å². The smallest absolute Gasteiger partial charge is 0.257 e. The van der Waals surface area contributed by atoms with Crippen LogP contribution in [0.25, 0.3) is 0 Å². The molecule has 0 aromatic heterocycles. The summed E-state index contributed by atoms with van der Waals surface area (Å²) in [5.41, 5.74) is 3.86. The lowest BCUT2D eigenvalue weighted by Crippen LogP contribution is -2.47. The van der Waals surface area contributed by atoms with Gasteiger partial charge in [0.2, 0.25) is 0 Å². The van der Waals surface area contributed by atoms with Crippen molar-refractivity contribution in [2.45, 2.75) is 77.5 Å². The highest BCUT2D eigenvalue weighted by Gasteiger charge is 2.51. The summed E-state index contributed by atoms with van der Waals surface area (Å²) in [5, 5.41) is 0. The molecule has 1 atom stereocenters. The molecule has 1 unspecified atom stereocenters. The second-order valence-corrected chi connectivity index (χ2v) is 18.5. The quantitative estimate of drug-likeness (QED) is 0.128. The number of rotatable bonds is 12. The predicted octanol–water partition coefficient (Wildman–Crippen LogP) is 7.96. The monoisotopic (exact) mass is 559 g/mol. The van der Waals surface area contributed by atoms with Crippen molar-refractivity contribution in [3.8, 4) is 5.75 Å². The van der Waals surface area contributed by atoms with Crippen LogP contribution in [0.3, 0.4) is 0 Å². The molecule has 0 fully saturated rings. The van der Waals surface area contributed by atoms with Gasteiger partial charge in [0.25, 0.3) is 5.91 Å². The number of benzene rings is 3. The number of fused-ring (bicyclic) bond motifs is 1. The van der Waals surface area contributed by atoms with Crippen LogP contribution in [-0.4, -0.2) is 38.8 Å². The zero-order valence-electron chi connectivity index (χ0n) is 25.3. The van der Waals surface area contributed by atoms with Gasteiger partial charge in [0.1, 0.15) is 5.75 Å². The summed E-state index contributed by atoms with van der Waals surface area (Å²) in [7, 11) is -1.14. The topological polar surface area (TPSA) is 48.0 Å². The molecule has 4 rings (SSSR count). The van der Waals surface area contributed by atoms with E-state index in [4.69, 9.17) is 14.2 Å². The highest BCUT2D eigenvalue weighted by Crippen LogP contribution is 2.46. The van der Waals surface area contributed by atoms with Crippen LogP contribution in [0.5, 0.6) is 5.75 Å². The Balaban J connectivity index is 1.62. The normalized spacial score (nSPS) is 17.3. The Morgan fingerprint density at radius 1 is 0.900 bits per heavy atom. The second-order valence-electron chi connectivity index (χ2n) is 12.9. The van der Waals surface area contributed by atoms with Crippen molar-refractivity contribution in [3.05, 3.63) is 101 Å². The van der Waals surface area contributed by atoms with Crippen molar-refractivity contribution >= 4 is 14.0 Å². The Kier molecular flexibility index (Phi) is 9.23. The van der Waals surface area contributed by atoms with Crippen LogP contribution < -0.4 is 4.74 Å². The number of hydrogen-bond donors (Lipinski definition) is 0. The van der Waals surface area contributed by atoms with E-state index in [9.17, 15) is 4.79 Å². The maximum Gasteiger partial charge on any atom is 0.257 e. The first-order valence-electron chi connectivity index (χ1n) is 14.4. The fraction of sp³-hybridized carbons (Fsp3) is 0.441. The number of carbonyl (C=O) groups excluding carboxylic acids is 1. The molecule has 1 amide bonds. The molecule has 0 radical (unpaired) electrons. The third kappa shape index (κ3) is 6.68. The molecule has 1 aliphatic heterocycles. The average Bonchev–Trinajstić information content (AvgIpc) is 3.15. The van der Waals surface area contributed by atoms with E-state index < -0.39 is 13.8 Å². The first-order valence-corrected chi connectivity index (χ1v) is 18.1. The molecule has 0 aliphatic carbocycles. The number of ether oxygens (including phenoxy) is 3. The standard InChI is InChI=1S/C34H45NO4Si/c1-8-21-35-32(36)30-11-9-10-12-31(30)34(35,39-24-26-13-15-27(16-14-26)33(2,3)4)28-17-19-29(20-18-28)38-25-37-22-23-40(5,6)7/h9-20H,8,21-25H2,1-7H3. The molecular formula is C34H45NO4Si. The second kappa shape index (κ2) is 12.3. The average molecular weight is 560 g/mol. The SMILES string of the molecule is CCCN1C(=O)c2ccccc2C1(OCc1ccc(C(C)(C)C)cc1)c1ccc(OCOCC[Si](C)(C)C)cc1. The number of amides is 1. The summed E-state index contributed by atoms with van der Waals surface area (Å²) >= 11 is 0. The van der Waals surface area contributed by atoms with Crippen LogP contribution >= 0.6 is 0 Å². The number of carbonyl (C=O) groups is 1. The number of hydrogen-bond acceptors (Lipinski definition) is 4. The molecule has 0 N–H and O–H groups in total. The lowest BCUT2D eigenvalue weighted by atomic mass is 9.87. The summed E-state index contributed by atoms with van der Waals surface area (Å²) in [4.78, 5) is 15.6. The van der Waals surface area contributed by atoms with Crippen molar-refractivity contribution in [1.29, 1.82) is 0 Å². The minimum absolute atomic E-state index is 0.00310. The molecule has 6 heteroatoms. The lowest BCUT2D eigenvalue weighted by Gasteiger charge is -2.39. The lowest BCUT2D eigenvalue weighted by molar-refractivity contribution is -0.117. The Labute approximate surface area is 241 Å². The molecule has 0 saturated heterocycles. The summed E-state index contributed by atoms with van der Waals surface area (Å²) in [5.74, 6) is 0.723. The van der Waals surface area contributed by atoms with Crippen LogP contribution in [0.1, 0.15) is 66.7 Å². The van der Waals surface area contributed by atoms with Gasteiger partial charge in [-0.25, -0.2) is 0 Å². The third-order valence-electron chi connectivity index (χ3n) is 7.41. The molecule has 5 nitrogen and oxygen atoms in total. The minimum Gasteiger partial charge on any atom is -0.468 e. The molecule has 1 aliphatic rings. The zero-order valence-corrected chi connectivity index (χ0v) is 26.3. The van der Waals surface area contributed by atoms with E-state index in [-0.39, 0.29) is 18.1 Å². The molecule has 0 bridgehead atoms. The first kappa shape index (κ1) is 30.0. The van der Waals surface area contributed by atoms with Crippen molar-refractivity contribution in [3.63, 3.8) is 0 Å². The third-order valence-corrected chi connectivity index (χ3v) is 9.12. The maximum absolute atomic E-state index is 13.7. The molecule has 0 saturated carbocycles. The molecule has 3 aromatic carbocycles. The van der Waals surface area contributed by atoms with Gasteiger partial charge < -0.3 is 19.1 Å². The van der Waals surface area contributed by atoms with Gasteiger partial charge in [0.15, 0.2) is 12.5 Å². The van der Waals surface area contributed by atoms with Gasteiger partial charge in [-0.1, -0.05) is 102 Å². The van der Waals surface area contributed by atoms with Gasteiger partial charge >= 0.3 is 0 Å². The van der Waals surface area contributed by atoms with E-state index in [2.05, 4.69) is 71.6 Å². The summed E-state index contributed by atoms with van der Waals surface area (Å²) < 4.78 is 18.5. The Morgan fingerprint density at radius 3 is 2.20 bits per heavy atom. The van der Waals surface area contributed by atoms with Crippen molar-refractivity contribution in [2.24, 2.45) is 0 Å². The van der Waals surface area contributed by atoms with Gasteiger partial charge in [-0.05, 0) is 47.2 Å². The van der Waals surface area contributed by atoms with Gasteiger partial charge in [0.05, 0.1) is 6.61 Å². The highest BCUT2D eigenvalue weighted by molar-refractivity contribution is 6.76. The van der Waals surface area contributed by atoms with Crippen LogP contribution in [-0.2, 0) is 27.2 Å². The van der Waals surface area contributed by atoms with Crippen LogP contribution in [0.4, 0.5) is 0 Å².